The fourth-order valence-electron chi connectivity index (χ4n) is 0. The van der Waals surface area contributed by atoms with Crippen LogP contribution in [0, 0.1) is 26.2 Å². The molecule has 0 bridgehead atoms. The third-order valence-electron chi connectivity index (χ3n) is 0. The van der Waals surface area contributed by atoms with Gasteiger partial charge < -0.3 is 43.8 Å². The molecule has 0 aliphatic carbocycles. The molecule has 0 atom stereocenters. The molecular formula is H16O11U. The first-order valence-electron chi connectivity index (χ1n) is 0.612. The van der Waals surface area contributed by atoms with Crippen LogP contribution < -0.4 is 0 Å². The van der Waals surface area contributed by atoms with Crippen molar-refractivity contribution in [3.63, 3.8) is 0 Å². The Balaban J connectivity index is -0.00000000161. The summed E-state index contributed by atoms with van der Waals surface area (Å²) in [6, 6.07) is 0. The summed E-state index contributed by atoms with van der Waals surface area (Å²) in [5.41, 5.74) is 0. The minimum atomic E-state index is -4.48. The van der Waals surface area contributed by atoms with Crippen LogP contribution in [0.3, 0.4) is 0 Å². The fourth-order valence-corrected chi connectivity index (χ4v) is 0. The van der Waals surface area contributed by atoms with Gasteiger partial charge in [0.2, 0.25) is 0 Å². The van der Waals surface area contributed by atoms with Gasteiger partial charge in [0.1, 0.15) is 0 Å². The van der Waals surface area contributed by atoms with E-state index in [0.29, 0.717) is 0 Å². The molecule has 0 saturated heterocycles. The topological polar surface area (TPSA) is 303 Å². The number of hydrogen-bond donors (Lipinski definition) is 0. The van der Waals surface area contributed by atoms with Crippen LogP contribution in [0.5, 0.6) is 0 Å². The van der Waals surface area contributed by atoms with Gasteiger partial charge in [0.25, 0.3) is 0 Å². The predicted molar refractivity (Wildman–Crippen MR) is 31.0 cm³/mol. The van der Waals surface area contributed by atoms with Crippen molar-refractivity contribution in [1.29, 1.82) is 0 Å². The first kappa shape index (κ1) is 153. The van der Waals surface area contributed by atoms with E-state index in [1.54, 1.807) is 0 Å². The van der Waals surface area contributed by atoms with Gasteiger partial charge in [-0.05, 0) is 0 Å². The van der Waals surface area contributed by atoms with Gasteiger partial charge in [0, 0.05) is 0 Å². The van der Waals surface area contributed by atoms with Crippen molar-refractivity contribution in [2.75, 3.05) is 0 Å². The summed E-state index contributed by atoms with van der Waals surface area (Å²) in [4.78, 5) is 0. The minimum absolute atomic E-state index is 0. The maximum atomic E-state index is 8.64. The summed E-state index contributed by atoms with van der Waals surface area (Å²) in [6.45, 7) is 0. The number of rotatable bonds is 0. The molecule has 0 heterocycles. The van der Waals surface area contributed by atoms with Crippen LogP contribution >= 0.6 is 0 Å². The Morgan fingerprint density at radius 1 is 0.417 bits per heavy atom. The Labute approximate surface area is 76.9 Å². The Morgan fingerprint density at radius 3 is 0.417 bits per heavy atom. The standard InChI is InChI=1S/8H2O.3O.U/h8*1H2;;;;. The van der Waals surface area contributed by atoms with E-state index >= 15 is 0 Å². The first-order valence-corrected chi connectivity index (χ1v) is 5.71. The van der Waals surface area contributed by atoms with Gasteiger partial charge in [-0.25, -0.2) is 0 Å². The Kier molecular flexibility index (Phi) is 1490. The molecule has 0 rings (SSSR count). The first-order chi connectivity index (χ1) is 1.73. The summed E-state index contributed by atoms with van der Waals surface area (Å²) < 4.78 is 25.9. The Morgan fingerprint density at radius 2 is 0.417 bits per heavy atom. The van der Waals surface area contributed by atoms with E-state index in [4.69, 9.17) is 6.71 Å². The molecule has 0 aliphatic rings. The fraction of sp³-hybridized carbons (Fsp3) is 0. The van der Waals surface area contributed by atoms with E-state index in [0.717, 1.165) is 0 Å². The maximum absolute atomic E-state index is 8.64. The van der Waals surface area contributed by atoms with Crippen molar-refractivity contribution in [2.24, 2.45) is 0 Å². The number of hydrogen-bond acceptors (Lipinski definition) is 3. The molecule has 0 radical (unpaired) electrons. The van der Waals surface area contributed by atoms with E-state index in [9.17, 15) is 0 Å². The van der Waals surface area contributed by atoms with Crippen molar-refractivity contribution < 1.29 is 76.7 Å². The van der Waals surface area contributed by atoms with Gasteiger partial charge in [-0.1, -0.05) is 0 Å². The zero-order valence-corrected chi connectivity index (χ0v) is 9.89. The van der Waals surface area contributed by atoms with Crippen LogP contribution in [0.2, 0.25) is 0 Å². The second-order valence-electron chi connectivity index (χ2n) is 0.250. The van der Waals surface area contributed by atoms with Gasteiger partial charge in [-0.15, -0.1) is 0 Å². The van der Waals surface area contributed by atoms with Gasteiger partial charge in [-0.2, -0.15) is 0 Å². The SMILES string of the molecule is O.O.O.O.O.O.O.O.[O]=[U](=[O])=[O]. The summed E-state index contributed by atoms with van der Waals surface area (Å²) in [5, 5.41) is 0. The summed E-state index contributed by atoms with van der Waals surface area (Å²) in [7, 11) is 0. The molecule has 0 aromatic heterocycles. The van der Waals surface area contributed by atoms with Gasteiger partial charge in [0.15, 0.2) is 0 Å². The van der Waals surface area contributed by atoms with Crippen LogP contribution in [0.4, 0.5) is 0 Å². The van der Waals surface area contributed by atoms with Crippen molar-refractivity contribution in [1.82, 2.24) is 0 Å². The molecule has 0 aromatic carbocycles. The van der Waals surface area contributed by atoms with E-state index in [1.165, 1.54) is 0 Å². The van der Waals surface area contributed by atoms with Gasteiger partial charge in [0.05, 0.1) is 0 Å². The van der Waals surface area contributed by atoms with E-state index < -0.39 is 26.2 Å². The molecule has 11 nitrogen and oxygen atoms in total. The molecule has 86 valence electrons. The molecule has 0 aliphatic heterocycles. The second-order valence-corrected chi connectivity index (χ2v) is 2.33. The summed E-state index contributed by atoms with van der Waals surface area (Å²) in [6.07, 6.45) is 0. The van der Waals surface area contributed by atoms with Gasteiger partial charge >= 0.3 is 32.9 Å². The van der Waals surface area contributed by atoms with Crippen molar-refractivity contribution in [2.45, 2.75) is 0 Å². The van der Waals surface area contributed by atoms with Crippen molar-refractivity contribution in [3.8, 4) is 0 Å². The predicted octanol–water partition coefficient (Wildman–Crippen LogP) is -6.95. The Hall–Kier alpha value is 0.132. The molecule has 0 amide bonds. The molecule has 0 unspecified atom stereocenters. The van der Waals surface area contributed by atoms with Crippen molar-refractivity contribution >= 4 is 0 Å². The average molecular weight is 430 g/mol. The van der Waals surface area contributed by atoms with E-state index in [2.05, 4.69) is 0 Å². The normalized spacial score (nSPS) is 2.00. The van der Waals surface area contributed by atoms with Crippen LogP contribution in [0.1, 0.15) is 0 Å². The molecular weight excluding hydrogens is 414 g/mol. The van der Waals surface area contributed by atoms with Crippen LogP contribution in [-0.4, -0.2) is 43.8 Å². The zero-order chi connectivity index (χ0) is 3.58. The van der Waals surface area contributed by atoms with Crippen LogP contribution in [0.15, 0.2) is 0 Å². The molecule has 0 saturated carbocycles. The zero-order valence-electron chi connectivity index (χ0n) is 5.72. The molecule has 12 heavy (non-hydrogen) atoms. The van der Waals surface area contributed by atoms with Gasteiger partial charge in [-0.3, -0.25) is 0 Å². The quantitative estimate of drug-likeness (QED) is 0.362. The average Bonchev–Trinajstić information content (AvgIpc) is 0.811. The molecule has 0 spiro atoms. The van der Waals surface area contributed by atoms with E-state index in [-0.39, 0.29) is 43.8 Å². The van der Waals surface area contributed by atoms with Crippen LogP contribution in [0.25, 0.3) is 0 Å². The van der Waals surface area contributed by atoms with E-state index in [1.807, 2.05) is 0 Å². The second kappa shape index (κ2) is 117. The Bertz CT molecular complexity index is 74.4. The van der Waals surface area contributed by atoms with Crippen molar-refractivity contribution in [3.05, 3.63) is 0 Å². The molecule has 16 N–H and O–H groups in total. The third-order valence-corrected chi connectivity index (χ3v) is 0. The molecule has 0 aromatic rings. The summed E-state index contributed by atoms with van der Waals surface area (Å²) >= 11 is -4.48. The third kappa shape index (κ3) is 48500. The molecule has 12 heteroatoms. The monoisotopic (exact) mass is 430 g/mol. The molecule has 0 fully saturated rings. The van der Waals surface area contributed by atoms with Crippen LogP contribution in [-0.2, 0) is 6.71 Å². The summed E-state index contributed by atoms with van der Waals surface area (Å²) in [5.74, 6) is 0.